The van der Waals surface area contributed by atoms with Crippen LogP contribution in [-0.2, 0) is 0 Å². The van der Waals surface area contributed by atoms with Gasteiger partial charge in [-0.1, -0.05) is 12.1 Å². The molecule has 0 aliphatic carbocycles. The maximum Gasteiger partial charge on any atom is 0.181 e. The van der Waals surface area contributed by atoms with Crippen molar-refractivity contribution in [2.24, 2.45) is 0 Å². The topological polar surface area (TPSA) is 53.6 Å². The molecule has 0 bridgehead atoms. The molecule has 1 aromatic carbocycles. The smallest absolute Gasteiger partial charge is 0.181 e. The Hall–Kier alpha value is -1.49. The van der Waals surface area contributed by atoms with E-state index in [-0.39, 0.29) is 0 Å². The molecule has 0 fully saturated rings. The van der Waals surface area contributed by atoms with Crippen molar-refractivity contribution >= 4 is 17.4 Å². The summed E-state index contributed by atoms with van der Waals surface area (Å²) in [5.74, 6) is 2.83. The number of aryl methyl sites for hydroxylation is 1. The van der Waals surface area contributed by atoms with Gasteiger partial charge >= 0.3 is 0 Å². The zero-order valence-electron chi connectivity index (χ0n) is 11.4. The molecule has 0 atom stereocenters. The molecule has 4 nitrogen and oxygen atoms in total. The van der Waals surface area contributed by atoms with E-state index >= 15 is 0 Å². The van der Waals surface area contributed by atoms with Crippen LogP contribution in [0.25, 0.3) is 11.4 Å². The number of anilines is 1. The molecule has 0 saturated carbocycles. The molecular formula is C14H20N4S. The lowest BCUT2D eigenvalue weighted by atomic mass is 10.2. The molecule has 0 radical (unpaired) electrons. The Morgan fingerprint density at radius 1 is 1.32 bits per heavy atom. The summed E-state index contributed by atoms with van der Waals surface area (Å²) in [5, 5.41) is 10.5. The minimum Gasteiger partial charge on any atom is -0.385 e. The number of benzene rings is 1. The summed E-state index contributed by atoms with van der Waals surface area (Å²) < 4.78 is 0. The van der Waals surface area contributed by atoms with E-state index in [0.717, 1.165) is 29.4 Å². The third-order valence-corrected chi connectivity index (χ3v) is 3.52. The molecule has 5 heteroatoms. The van der Waals surface area contributed by atoms with Crippen LogP contribution in [0.15, 0.2) is 24.3 Å². The standard InChI is InChI=1S/C14H20N4S/c1-11-16-14(18-17-11)12-6-5-7-13(10-12)15-8-3-4-9-19-2/h5-7,10,15H,3-4,8-9H2,1-2H3,(H,16,17,18). The Labute approximate surface area is 118 Å². The summed E-state index contributed by atoms with van der Waals surface area (Å²) in [6.07, 6.45) is 4.61. The minimum atomic E-state index is 0.753. The molecule has 2 rings (SSSR count). The lowest BCUT2D eigenvalue weighted by Crippen LogP contribution is -2.01. The third kappa shape index (κ3) is 4.28. The van der Waals surface area contributed by atoms with Gasteiger partial charge in [-0.05, 0) is 43.9 Å². The molecule has 1 heterocycles. The van der Waals surface area contributed by atoms with Gasteiger partial charge in [0.2, 0.25) is 0 Å². The van der Waals surface area contributed by atoms with Gasteiger partial charge in [-0.15, -0.1) is 0 Å². The number of aromatic nitrogens is 3. The lowest BCUT2D eigenvalue weighted by molar-refractivity contribution is 0.843. The summed E-state index contributed by atoms with van der Waals surface area (Å²) in [7, 11) is 0. The van der Waals surface area contributed by atoms with Gasteiger partial charge in [0.05, 0.1) is 0 Å². The fraction of sp³-hybridized carbons (Fsp3) is 0.429. The van der Waals surface area contributed by atoms with Crippen molar-refractivity contribution in [3.8, 4) is 11.4 Å². The number of nitrogens with zero attached hydrogens (tertiary/aromatic N) is 2. The molecule has 0 amide bonds. The number of hydrogen-bond donors (Lipinski definition) is 2. The zero-order chi connectivity index (χ0) is 13.5. The first-order chi connectivity index (χ1) is 9.29. The zero-order valence-corrected chi connectivity index (χ0v) is 12.3. The molecule has 0 spiro atoms. The van der Waals surface area contributed by atoms with Gasteiger partial charge in [-0.25, -0.2) is 4.98 Å². The summed E-state index contributed by atoms with van der Waals surface area (Å²) in [4.78, 5) is 4.35. The molecule has 1 aromatic heterocycles. The van der Waals surface area contributed by atoms with Crippen LogP contribution in [-0.4, -0.2) is 33.7 Å². The van der Waals surface area contributed by atoms with E-state index in [1.54, 1.807) is 0 Å². The van der Waals surface area contributed by atoms with E-state index in [0.29, 0.717) is 0 Å². The van der Waals surface area contributed by atoms with Crippen LogP contribution >= 0.6 is 11.8 Å². The molecule has 0 aliphatic rings. The number of unbranched alkanes of at least 4 members (excludes halogenated alkanes) is 1. The largest absolute Gasteiger partial charge is 0.385 e. The van der Waals surface area contributed by atoms with Crippen LogP contribution in [0.4, 0.5) is 5.69 Å². The number of nitrogens with one attached hydrogen (secondary N) is 2. The Balaban J connectivity index is 1.92. The first-order valence-electron chi connectivity index (χ1n) is 6.52. The second-order valence-electron chi connectivity index (χ2n) is 4.45. The molecule has 0 unspecified atom stereocenters. The SMILES string of the molecule is CSCCCCNc1cccc(-c2n[nH]c(C)n2)c1. The van der Waals surface area contributed by atoms with Crippen LogP contribution < -0.4 is 5.32 Å². The monoisotopic (exact) mass is 276 g/mol. The highest BCUT2D eigenvalue weighted by atomic mass is 32.2. The molecule has 0 saturated heterocycles. The van der Waals surface area contributed by atoms with E-state index in [4.69, 9.17) is 0 Å². The molecule has 0 aliphatic heterocycles. The van der Waals surface area contributed by atoms with Gasteiger partial charge in [-0.3, -0.25) is 5.10 Å². The van der Waals surface area contributed by atoms with Gasteiger partial charge < -0.3 is 5.32 Å². The van der Waals surface area contributed by atoms with Gasteiger partial charge in [0, 0.05) is 17.8 Å². The number of hydrogen-bond acceptors (Lipinski definition) is 4. The molecular weight excluding hydrogens is 256 g/mol. The van der Waals surface area contributed by atoms with E-state index in [1.807, 2.05) is 30.8 Å². The van der Waals surface area contributed by atoms with Crippen molar-refractivity contribution in [1.29, 1.82) is 0 Å². The first-order valence-corrected chi connectivity index (χ1v) is 7.91. The Kier molecular flexibility index (Phi) is 5.27. The summed E-state index contributed by atoms with van der Waals surface area (Å²) >= 11 is 1.90. The van der Waals surface area contributed by atoms with Crippen molar-refractivity contribution in [1.82, 2.24) is 15.2 Å². The number of aromatic amines is 1. The second-order valence-corrected chi connectivity index (χ2v) is 5.44. The van der Waals surface area contributed by atoms with Gasteiger partial charge in [0.15, 0.2) is 5.82 Å². The predicted octanol–water partition coefficient (Wildman–Crippen LogP) is 3.34. The molecule has 19 heavy (non-hydrogen) atoms. The Bertz CT molecular complexity index is 510. The van der Waals surface area contributed by atoms with Crippen molar-refractivity contribution < 1.29 is 0 Å². The van der Waals surface area contributed by atoms with E-state index in [1.165, 1.54) is 18.6 Å². The maximum absolute atomic E-state index is 4.35. The second kappa shape index (κ2) is 7.19. The highest BCUT2D eigenvalue weighted by Crippen LogP contribution is 2.19. The van der Waals surface area contributed by atoms with Crippen LogP contribution in [0.2, 0.25) is 0 Å². The number of H-pyrrole nitrogens is 1. The predicted molar refractivity (Wildman–Crippen MR) is 82.7 cm³/mol. The van der Waals surface area contributed by atoms with E-state index in [2.05, 4.69) is 38.9 Å². The van der Waals surface area contributed by atoms with E-state index < -0.39 is 0 Å². The number of rotatable bonds is 7. The fourth-order valence-electron chi connectivity index (χ4n) is 1.84. The highest BCUT2D eigenvalue weighted by molar-refractivity contribution is 7.98. The Morgan fingerprint density at radius 3 is 2.95 bits per heavy atom. The Morgan fingerprint density at radius 2 is 2.21 bits per heavy atom. The van der Waals surface area contributed by atoms with Crippen molar-refractivity contribution in [3.63, 3.8) is 0 Å². The molecule has 2 aromatic rings. The normalized spacial score (nSPS) is 10.6. The summed E-state index contributed by atoms with van der Waals surface area (Å²) in [6.45, 7) is 2.92. The minimum absolute atomic E-state index is 0.753. The fourth-order valence-corrected chi connectivity index (χ4v) is 2.34. The van der Waals surface area contributed by atoms with Crippen LogP contribution in [0.3, 0.4) is 0 Å². The third-order valence-electron chi connectivity index (χ3n) is 2.82. The van der Waals surface area contributed by atoms with E-state index in [9.17, 15) is 0 Å². The van der Waals surface area contributed by atoms with Gasteiger partial charge in [0.25, 0.3) is 0 Å². The van der Waals surface area contributed by atoms with Gasteiger partial charge in [-0.2, -0.15) is 16.9 Å². The van der Waals surface area contributed by atoms with Crippen molar-refractivity contribution in [2.75, 3.05) is 23.9 Å². The summed E-state index contributed by atoms with van der Waals surface area (Å²) in [5.41, 5.74) is 2.17. The van der Waals surface area contributed by atoms with Crippen LogP contribution in [0.1, 0.15) is 18.7 Å². The highest BCUT2D eigenvalue weighted by Gasteiger charge is 2.04. The van der Waals surface area contributed by atoms with Crippen LogP contribution in [0, 0.1) is 6.92 Å². The lowest BCUT2D eigenvalue weighted by Gasteiger charge is -2.07. The van der Waals surface area contributed by atoms with Crippen LogP contribution in [0.5, 0.6) is 0 Å². The van der Waals surface area contributed by atoms with Crippen molar-refractivity contribution in [3.05, 3.63) is 30.1 Å². The van der Waals surface area contributed by atoms with Crippen molar-refractivity contribution in [2.45, 2.75) is 19.8 Å². The van der Waals surface area contributed by atoms with Gasteiger partial charge in [0.1, 0.15) is 5.82 Å². The average molecular weight is 276 g/mol. The number of thioether (sulfide) groups is 1. The first kappa shape index (κ1) is 13.9. The summed E-state index contributed by atoms with van der Waals surface area (Å²) in [6, 6.07) is 8.24. The molecule has 102 valence electrons. The quantitative estimate of drug-likeness (QED) is 0.762. The average Bonchev–Trinajstić information content (AvgIpc) is 2.86. The molecule has 2 N–H and O–H groups in total. The maximum atomic E-state index is 4.35.